The summed E-state index contributed by atoms with van der Waals surface area (Å²) >= 11 is 7.25. The van der Waals surface area contributed by atoms with Crippen LogP contribution in [0.4, 0.5) is 5.13 Å². The van der Waals surface area contributed by atoms with Crippen LogP contribution in [0.2, 0.25) is 5.02 Å². The molecule has 0 aliphatic rings. The number of hydrogen-bond donors (Lipinski definition) is 1. The number of halogens is 1. The average Bonchev–Trinajstić information content (AvgIpc) is 2.96. The largest absolute Gasteiger partial charge is 0.298 e. The van der Waals surface area contributed by atoms with Crippen LogP contribution < -0.4 is 5.32 Å². The van der Waals surface area contributed by atoms with Crippen LogP contribution in [-0.2, 0) is 9.84 Å². The number of carbonyl (C=O) groups is 1. The Morgan fingerprint density at radius 2 is 1.96 bits per heavy atom. The zero-order valence-electron chi connectivity index (χ0n) is 13.5. The molecule has 3 aromatic rings. The Labute approximate surface area is 154 Å². The SMILES string of the molecule is CC(C)S(=O)(=O)c1cccc(C(=O)Nc2nc3ccc(Cl)cc3s2)c1. The molecule has 25 heavy (non-hydrogen) atoms. The number of carbonyl (C=O) groups excluding carboxylic acids is 1. The van der Waals surface area contributed by atoms with Crippen molar-refractivity contribution in [1.82, 2.24) is 4.98 Å². The minimum absolute atomic E-state index is 0.131. The molecule has 0 radical (unpaired) electrons. The highest BCUT2D eigenvalue weighted by atomic mass is 35.5. The highest BCUT2D eigenvalue weighted by Crippen LogP contribution is 2.28. The normalized spacial score (nSPS) is 11.8. The maximum atomic E-state index is 12.4. The second-order valence-electron chi connectivity index (χ2n) is 5.71. The van der Waals surface area contributed by atoms with Crippen LogP contribution in [0.25, 0.3) is 10.2 Å². The zero-order valence-corrected chi connectivity index (χ0v) is 15.9. The molecule has 5 nitrogen and oxygen atoms in total. The molecule has 1 amide bonds. The Balaban J connectivity index is 1.88. The summed E-state index contributed by atoms with van der Waals surface area (Å²) in [7, 11) is -3.44. The van der Waals surface area contributed by atoms with E-state index in [0.717, 1.165) is 10.2 Å². The fourth-order valence-electron chi connectivity index (χ4n) is 2.21. The van der Waals surface area contributed by atoms with Crippen molar-refractivity contribution in [2.45, 2.75) is 24.0 Å². The number of benzene rings is 2. The third-order valence-electron chi connectivity index (χ3n) is 3.62. The van der Waals surface area contributed by atoms with Gasteiger partial charge in [0, 0.05) is 10.6 Å². The predicted octanol–water partition coefficient (Wildman–Crippen LogP) is 4.38. The number of anilines is 1. The third-order valence-corrected chi connectivity index (χ3v) is 6.94. The lowest BCUT2D eigenvalue weighted by molar-refractivity contribution is 0.102. The van der Waals surface area contributed by atoms with Gasteiger partial charge in [-0.25, -0.2) is 13.4 Å². The summed E-state index contributed by atoms with van der Waals surface area (Å²) < 4.78 is 25.4. The van der Waals surface area contributed by atoms with Crippen molar-refractivity contribution in [1.29, 1.82) is 0 Å². The Morgan fingerprint density at radius 1 is 1.20 bits per heavy atom. The van der Waals surface area contributed by atoms with E-state index in [-0.39, 0.29) is 10.5 Å². The lowest BCUT2D eigenvalue weighted by Gasteiger charge is -2.09. The van der Waals surface area contributed by atoms with E-state index in [0.29, 0.717) is 10.2 Å². The van der Waals surface area contributed by atoms with Crippen molar-refractivity contribution in [3.05, 3.63) is 53.1 Å². The number of fused-ring (bicyclic) bond motifs is 1. The fraction of sp³-hybridized carbons (Fsp3) is 0.176. The Bertz CT molecular complexity index is 1060. The Kier molecular flexibility index (Phi) is 4.81. The van der Waals surface area contributed by atoms with Gasteiger partial charge in [0.05, 0.1) is 20.4 Å². The first-order chi connectivity index (χ1) is 11.8. The van der Waals surface area contributed by atoms with Gasteiger partial charge in [-0.1, -0.05) is 29.0 Å². The molecular weight excluding hydrogens is 380 g/mol. The lowest BCUT2D eigenvalue weighted by Crippen LogP contribution is -2.16. The summed E-state index contributed by atoms with van der Waals surface area (Å²) in [5, 5.41) is 3.18. The number of sulfone groups is 1. The summed E-state index contributed by atoms with van der Waals surface area (Å²) in [6, 6.07) is 11.3. The van der Waals surface area contributed by atoms with Gasteiger partial charge in [0.2, 0.25) is 0 Å². The molecule has 3 rings (SSSR count). The molecule has 130 valence electrons. The number of aromatic nitrogens is 1. The van der Waals surface area contributed by atoms with Crippen LogP contribution in [0.15, 0.2) is 47.4 Å². The van der Waals surface area contributed by atoms with Gasteiger partial charge in [-0.3, -0.25) is 10.1 Å². The van der Waals surface area contributed by atoms with Gasteiger partial charge in [0.15, 0.2) is 15.0 Å². The molecule has 0 fully saturated rings. The summed E-state index contributed by atoms with van der Waals surface area (Å²) in [5.41, 5.74) is 1.000. The van der Waals surface area contributed by atoms with Crippen LogP contribution in [0, 0.1) is 0 Å². The van der Waals surface area contributed by atoms with Gasteiger partial charge in [-0.15, -0.1) is 0 Å². The zero-order chi connectivity index (χ0) is 18.2. The molecule has 1 heterocycles. The standard InChI is InChI=1S/C17H15ClN2O3S2/c1-10(2)25(22,23)13-5-3-4-11(8-13)16(21)20-17-19-14-7-6-12(18)9-15(14)24-17/h3-10H,1-2H3,(H,19,20,21). The summed E-state index contributed by atoms with van der Waals surface area (Å²) in [5.74, 6) is -0.411. The van der Waals surface area contributed by atoms with Crippen LogP contribution >= 0.6 is 22.9 Å². The van der Waals surface area contributed by atoms with E-state index in [1.807, 2.05) is 0 Å². The van der Waals surface area contributed by atoms with Gasteiger partial charge in [0.1, 0.15) is 0 Å². The molecular formula is C17H15ClN2O3S2. The molecule has 0 bridgehead atoms. The first-order valence-electron chi connectivity index (χ1n) is 7.49. The fourth-order valence-corrected chi connectivity index (χ4v) is 4.45. The van der Waals surface area contributed by atoms with E-state index < -0.39 is 21.0 Å². The van der Waals surface area contributed by atoms with E-state index in [4.69, 9.17) is 11.6 Å². The van der Waals surface area contributed by atoms with Crippen molar-refractivity contribution >= 4 is 54.0 Å². The first kappa shape index (κ1) is 17.8. The molecule has 1 aromatic heterocycles. The highest BCUT2D eigenvalue weighted by Gasteiger charge is 2.20. The minimum atomic E-state index is -3.44. The van der Waals surface area contributed by atoms with Crippen molar-refractivity contribution in [2.24, 2.45) is 0 Å². The van der Waals surface area contributed by atoms with Crippen LogP contribution in [0.1, 0.15) is 24.2 Å². The van der Waals surface area contributed by atoms with Crippen molar-refractivity contribution in [2.75, 3.05) is 5.32 Å². The first-order valence-corrected chi connectivity index (χ1v) is 10.2. The maximum absolute atomic E-state index is 12.4. The average molecular weight is 395 g/mol. The van der Waals surface area contributed by atoms with Gasteiger partial charge in [-0.05, 0) is 50.2 Å². The van der Waals surface area contributed by atoms with Crippen LogP contribution in [-0.4, -0.2) is 24.6 Å². The van der Waals surface area contributed by atoms with E-state index in [1.165, 1.54) is 23.5 Å². The van der Waals surface area contributed by atoms with Gasteiger partial charge in [-0.2, -0.15) is 0 Å². The number of rotatable bonds is 4. The molecule has 0 saturated heterocycles. The van der Waals surface area contributed by atoms with E-state index in [2.05, 4.69) is 10.3 Å². The monoisotopic (exact) mass is 394 g/mol. The number of nitrogens with zero attached hydrogens (tertiary/aromatic N) is 1. The summed E-state index contributed by atoms with van der Waals surface area (Å²) in [6.07, 6.45) is 0. The van der Waals surface area contributed by atoms with E-state index >= 15 is 0 Å². The number of amides is 1. The maximum Gasteiger partial charge on any atom is 0.257 e. The Morgan fingerprint density at radius 3 is 2.68 bits per heavy atom. The lowest BCUT2D eigenvalue weighted by atomic mass is 10.2. The molecule has 0 unspecified atom stereocenters. The van der Waals surface area contributed by atoms with Crippen LogP contribution in [0.5, 0.6) is 0 Å². The van der Waals surface area contributed by atoms with Gasteiger partial charge < -0.3 is 0 Å². The molecule has 0 aliphatic heterocycles. The number of hydrogen-bond acceptors (Lipinski definition) is 5. The molecule has 8 heteroatoms. The topological polar surface area (TPSA) is 76.1 Å². The highest BCUT2D eigenvalue weighted by molar-refractivity contribution is 7.92. The van der Waals surface area contributed by atoms with Gasteiger partial charge >= 0.3 is 0 Å². The Hall–Kier alpha value is -1.96. The number of nitrogens with one attached hydrogen (secondary N) is 1. The van der Waals surface area contributed by atoms with Crippen molar-refractivity contribution in [3.63, 3.8) is 0 Å². The van der Waals surface area contributed by atoms with E-state index in [1.54, 1.807) is 44.2 Å². The van der Waals surface area contributed by atoms with E-state index in [9.17, 15) is 13.2 Å². The van der Waals surface area contributed by atoms with Gasteiger partial charge in [0.25, 0.3) is 5.91 Å². The molecule has 0 aliphatic carbocycles. The quantitative estimate of drug-likeness (QED) is 0.712. The van der Waals surface area contributed by atoms with Crippen molar-refractivity contribution < 1.29 is 13.2 Å². The molecule has 0 saturated carbocycles. The molecule has 1 N–H and O–H groups in total. The molecule has 2 aromatic carbocycles. The summed E-state index contributed by atoms with van der Waals surface area (Å²) in [4.78, 5) is 16.9. The van der Waals surface area contributed by atoms with Crippen LogP contribution in [0.3, 0.4) is 0 Å². The smallest absolute Gasteiger partial charge is 0.257 e. The summed E-state index contributed by atoms with van der Waals surface area (Å²) in [6.45, 7) is 3.21. The second kappa shape index (κ2) is 6.74. The molecule has 0 spiro atoms. The third kappa shape index (κ3) is 3.68. The minimum Gasteiger partial charge on any atom is -0.298 e. The predicted molar refractivity (Wildman–Crippen MR) is 101 cm³/mol. The molecule has 0 atom stereocenters. The van der Waals surface area contributed by atoms with Crippen molar-refractivity contribution in [3.8, 4) is 0 Å². The second-order valence-corrected chi connectivity index (χ2v) is 9.68. The number of thiazole rings is 1.